The van der Waals surface area contributed by atoms with E-state index in [2.05, 4.69) is 20.9 Å². The van der Waals surface area contributed by atoms with Gasteiger partial charge in [-0.25, -0.2) is 4.98 Å². The second kappa shape index (κ2) is 4.07. The third-order valence-electron chi connectivity index (χ3n) is 2.55. The molecule has 72 valence electrons. The Bertz CT molecular complexity index is 292. The fourth-order valence-electron chi connectivity index (χ4n) is 1.88. The van der Waals surface area contributed by atoms with Crippen molar-refractivity contribution in [1.82, 2.24) is 4.98 Å². The normalized spacial score (nSPS) is 18.3. The Morgan fingerprint density at radius 2 is 2.15 bits per heavy atom. The van der Waals surface area contributed by atoms with Gasteiger partial charge in [0, 0.05) is 11.4 Å². The minimum absolute atomic E-state index is 0.565. The molecule has 2 rings (SSSR count). The van der Waals surface area contributed by atoms with Gasteiger partial charge in [0.15, 0.2) is 0 Å². The van der Waals surface area contributed by atoms with Gasteiger partial charge in [-0.05, 0) is 34.7 Å². The summed E-state index contributed by atoms with van der Waals surface area (Å²) in [6.45, 7) is 0.565. The lowest BCUT2D eigenvalue weighted by atomic mass is 10.1. The SMILES string of the molecule is NCc1nc(Br)c(C2CCCC2)s1. The number of hydrogen-bond acceptors (Lipinski definition) is 3. The quantitative estimate of drug-likeness (QED) is 0.888. The second-order valence-electron chi connectivity index (χ2n) is 3.45. The summed E-state index contributed by atoms with van der Waals surface area (Å²) in [6.07, 6.45) is 5.38. The highest BCUT2D eigenvalue weighted by Gasteiger charge is 2.22. The number of halogens is 1. The summed E-state index contributed by atoms with van der Waals surface area (Å²) in [5.41, 5.74) is 5.56. The van der Waals surface area contributed by atoms with Crippen molar-refractivity contribution in [3.8, 4) is 0 Å². The maximum atomic E-state index is 5.56. The highest BCUT2D eigenvalue weighted by molar-refractivity contribution is 9.10. The highest BCUT2D eigenvalue weighted by Crippen LogP contribution is 2.40. The Morgan fingerprint density at radius 1 is 1.46 bits per heavy atom. The van der Waals surface area contributed by atoms with Crippen molar-refractivity contribution in [2.75, 3.05) is 0 Å². The van der Waals surface area contributed by atoms with E-state index in [1.54, 1.807) is 11.3 Å². The van der Waals surface area contributed by atoms with E-state index in [9.17, 15) is 0 Å². The van der Waals surface area contributed by atoms with Gasteiger partial charge in [0.05, 0.1) is 0 Å². The van der Waals surface area contributed by atoms with Crippen LogP contribution in [0.1, 0.15) is 41.5 Å². The third-order valence-corrected chi connectivity index (χ3v) is 4.66. The van der Waals surface area contributed by atoms with Crippen LogP contribution in [0.5, 0.6) is 0 Å². The van der Waals surface area contributed by atoms with Crippen molar-refractivity contribution in [2.24, 2.45) is 5.73 Å². The van der Waals surface area contributed by atoms with Crippen molar-refractivity contribution >= 4 is 27.3 Å². The van der Waals surface area contributed by atoms with Gasteiger partial charge in [-0.3, -0.25) is 0 Å². The fraction of sp³-hybridized carbons (Fsp3) is 0.667. The van der Waals surface area contributed by atoms with E-state index < -0.39 is 0 Å². The molecular weight excluding hydrogens is 248 g/mol. The summed E-state index contributed by atoms with van der Waals surface area (Å²) in [6, 6.07) is 0. The van der Waals surface area contributed by atoms with Crippen LogP contribution in [0.25, 0.3) is 0 Å². The molecule has 0 amide bonds. The number of thiazole rings is 1. The van der Waals surface area contributed by atoms with Crippen molar-refractivity contribution < 1.29 is 0 Å². The Hall–Kier alpha value is 0.0700. The minimum Gasteiger partial charge on any atom is -0.325 e. The topological polar surface area (TPSA) is 38.9 Å². The largest absolute Gasteiger partial charge is 0.325 e. The number of nitrogens with zero attached hydrogens (tertiary/aromatic N) is 1. The lowest BCUT2D eigenvalue weighted by Crippen LogP contribution is -1.93. The first-order chi connectivity index (χ1) is 6.31. The number of hydrogen-bond donors (Lipinski definition) is 1. The van der Waals surface area contributed by atoms with Crippen LogP contribution in [-0.2, 0) is 6.54 Å². The van der Waals surface area contributed by atoms with E-state index in [4.69, 9.17) is 5.73 Å². The molecule has 1 fully saturated rings. The first-order valence-electron chi connectivity index (χ1n) is 4.66. The zero-order chi connectivity index (χ0) is 9.26. The number of rotatable bonds is 2. The van der Waals surface area contributed by atoms with Gasteiger partial charge in [-0.15, -0.1) is 11.3 Å². The standard InChI is InChI=1S/C9H13BrN2S/c10-9-8(6-3-1-2-4-6)13-7(5-11)12-9/h6H,1-5,11H2. The van der Waals surface area contributed by atoms with E-state index >= 15 is 0 Å². The molecule has 1 aromatic heterocycles. The maximum absolute atomic E-state index is 5.56. The van der Waals surface area contributed by atoms with Crippen LogP contribution in [0.4, 0.5) is 0 Å². The molecule has 0 bridgehead atoms. The van der Waals surface area contributed by atoms with Crippen molar-refractivity contribution in [2.45, 2.75) is 38.1 Å². The number of nitrogens with two attached hydrogens (primary N) is 1. The average Bonchev–Trinajstić information content (AvgIpc) is 2.72. The molecular formula is C9H13BrN2S. The van der Waals surface area contributed by atoms with Gasteiger partial charge in [0.25, 0.3) is 0 Å². The van der Waals surface area contributed by atoms with Crippen LogP contribution in [0.3, 0.4) is 0 Å². The zero-order valence-corrected chi connectivity index (χ0v) is 9.83. The predicted molar refractivity (Wildman–Crippen MR) is 58.9 cm³/mol. The van der Waals surface area contributed by atoms with Gasteiger partial charge in [0.2, 0.25) is 0 Å². The van der Waals surface area contributed by atoms with Crippen LogP contribution >= 0.6 is 27.3 Å². The van der Waals surface area contributed by atoms with Crippen LogP contribution in [0, 0.1) is 0 Å². The van der Waals surface area contributed by atoms with Crippen molar-refractivity contribution in [3.63, 3.8) is 0 Å². The molecule has 1 aromatic rings. The van der Waals surface area contributed by atoms with Gasteiger partial charge < -0.3 is 5.73 Å². The Balaban J connectivity index is 2.22. The molecule has 0 radical (unpaired) electrons. The molecule has 2 nitrogen and oxygen atoms in total. The molecule has 1 aliphatic rings. The molecule has 0 unspecified atom stereocenters. The van der Waals surface area contributed by atoms with Gasteiger partial charge in [-0.2, -0.15) is 0 Å². The molecule has 1 heterocycles. The summed E-state index contributed by atoms with van der Waals surface area (Å²) in [5, 5.41) is 1.05. The van der Waals surface area contributed by atoms with Gasteiger partial charge >= 0.3 is 0 Å². The Morgan fingerprint density at radius 3 is 2.69 bits per heavy atom. The first kappa shape index (κ1) is 9.62. The van der Waals surface area contributed by atoms with Gasteiger partial charge in [0.1, 0.15) is 9.61 Å². The van der Waals surface area contributed by atoms with Crippen LogP contribution in [-0.4, -0.2) is 4.98 Å². The lowest BCUT2D eigenvalue weighted by Gasteiger charge is -2.04. The average molecular weight is 261 g/mol. The van der Waals surface area contributed by atoms with Crippen LogP contribution in [0.2, 0.25) is 0 Å². The van der Waals surface area contributed by atoms with Crippen LogP contribution in [0.15, 0.2) is 4.60 Å². The van der Waals surface area contributed by atoms with E-state index in [-0.39, 0.29) is 0 Å². The van der Waals surface area contributed by atoms with Crippen molar-refractivity contribution in [3.05, 3.63) is 14.5 Å². The molecule has 4 heteroatoms. The third kappa shape index (κ3) is 1.95. The summed E-state index contributed by atoms with van der Waals surface area (Å²) in [5.74, 6) is 0.743. The van der Waals surface area contributed by atoms with Crippen LogP contribution < -0.4 is 5.73 Å². The highest BCUT2D eigenvalue weighted by atomic mass is 79.9. The molecule has 0 aliphatic heterocycles. The van der Waals surface area contributed by atoms with E-state index in [0.29, 0.717) is 6.54 Å². The molecule has 0 atom stereocenters. The summed E-state index contributed by atoms with van der Waals surface area (Å²) < 4.78 is 1.03. The number of aromatic nitrogens is 1. The Kier molecular flexibility index (Phi) is 3.01. The van der Waals surface area contributed by atoms with E-state index in [0.717, 1.165) is 15.5 Å². The monoisotopic (exact) mass is 260 g/mol. The smallest absolute Gasteiger partial charge is 0.120 e. The van der Waals surface area contributed by atoms with E-state index in [1.165, 1.54) is 30.6 Å². The van der Waals surface area contributed by atoms with Crippen molar-refractivity contribution in [1.29, 1.82) is 0 Å². The first-order valence-corrected chi connectivity index (χ1v) is 6.27. The molecule has 2 N–H and O–H groups in total. The summed E-state index contributed by atoms with van der Waals surface area (Å²) in [4.78, 5) is 5.80. The molecule has 1 saturated carbocycles. The second-order valence-corrected chi connectivity index (χ2v) is 5.31. The summed E-state index contributed by atoms with van der Waals surface area (Å²) >= 11 is 5.29. The summed E-state index contributed by atoms with van der Waals surface area (Å²) in [7, 11) is 0. The lowest BCUT2D eigenvalue weighted by molar-refractivity contribution is 0.732. The maximum Gasteiger partial charge on any atom is 0.120 e. The Labute approximate surface area is 90.7 Å². The molecule has 0 spiro atoms. The van der Waals surface area contributed by atoms with Gasteiger partial charge in [-0.1, -0.05) is 12.8 Å². The van der Waals surface area contributed by atoms with E-state index in [1.807, 2.05) is 0 Å². The fourth-order valence-corrected chi connectivity index (χ4v) is 3.79. The molecule has 0 saturated heterocycles. The molecule has 13 heavy (non-hydrogen) atoms. The zero-order valence-electron chi connectivity index (χ0n) is 7.42. The molecule has 0 aromatic carbocycles. The minimum atomic E-state index is 0.565. The molecule has 1 aliphatic carbocycles. The predicted octanol–water partition coefficient (Wildman–Crippen LogP) is 3.02.